The van der Waals surface area contributed by atoms with E-state index in [-0.39, 0.29) is 28.3 Å². The molecule has 5 atom stereocenters. The number of hydrogen-bond donors (Lipinski definition) is 1. The van der Waals surface area contributed by atoms with Crippen molar-refractivity contribution in [3.8, 4) is 11.5 Å². The summed E-state index contributed by atoms with van der Waals surface area (Å²) in [6.45, 7) is 8.32. The Morgan fingerprint density at radius 2 is 1.89 bits per heavy atom. The molecule has 2 unspecified atom stereocenters. The Hall–Kier alpha value is -1.45. The van der Waals surface area contributed by atoms with Crippen LogP contribution < -0.4 is 9.47 Å². The van der Waals surface area contributed by atoms with Gasteiger partial charge in [0, 0.05) is 32.4 Å². The number of carbonyl (C=O) groups excluding carboxylic acids is 1. The van der Waals surface area contributed by atoms with Gasteiger partial charge < -0.3 is 19.5 Å². The zero-order valence-electron chi connectivity index (χ0n) is 22.2. The van der Waals surface area contributed by atoms with E-state index in [1.165, 1.54) is 54.3 Å². The molecule has 2 saturated heterocycles. The van der Waals surface area contributed by atoms with Gasteiger partial charge in [0.05, 0.1) is 11.3 Å². The SMILES string of the molecule is CC1(C)S[C@@H]2[C@H](CCl)C(=O)N2[C@H]1C(=O)O.CCCCCCCCS(=O)C(C)Cc1ccc2c(c1)OCO2. The molecular weight excluding hydrogens is 534 g/mol. The number of alkyl halides is 1. The number of carboxylic acids is 1. The highest BCUT2D eigenvalue weighted by Crippen LogP contribution is 2.53. The third kappa shape index (κ3) is 7.35. The van der Waals surface area contributed by atoms with Crippen LogP contribution in [0.4, 0.5) is 0 Å². The molecule has 0 aliphatic carbocycles. The minimum absolute atomic E-state index is 0.0499. The number of benzene rings is 1. The molecular formula is C27H40ClNO6S2. The maximum absolute atomic E-state index is 12.3. The van der Waals surface area contributed by atoms with Crippen LogP contribution in [0.2, 0.25) is 0 Å². The van der Waals surface area contributed by atoms with Crippen LogP contribution in [-0.4, -0.2) is 65.9 Å². The molecule has 3 aliphatic heterocycles. The number of amides is 1. The van der Waals surface area contributed by atoms with Gasteiger partial charge >= 0.3 is 5.97 Å². The van der Waals surface area contributed by atoms with Gasteiger partial charge in [0.2, 0.25) is 12.7 Å². The molecule has 4 rings (SSSR count). The summed E-state index contributed by atoms with van der Waals surface area (Å²) in [7, 11) is -0.743. The maximum atomic E-state index is 12.3. The molecule has 1 amide bonds. The standard InChI is InChI=1S/C18H28O3S.C9H12ClNO3S/c1-3-4-5-6-7-8-11-22(19)15(2)12-16-9-10-17-18(13-16)21-14-20-17;1-9(2)5(8(13)14)11-6(12)4(3-10)7(11)15-9/h9-10,13,15H,3-8,11-12,14H2,1-2H3;4-5,7H,3H2,1-2H3,(H,13,14)/t;4-,5+,7-/m.1/s1. The van der Waals surface area contributed by atoms with Crippen LogP contribution in [0, 0.1) is 5.92 Å². The van der Waals surface area contributed by atoms with Gasteiger partial charge in [0.15, 0.2) is 11.5 Å². The number of thioether (sulfide) groups is 1. The summed E-state index contributed by atoms with van der Waals surface area (Å²) in [6, 6.07) is 5.29. The van der Waals surface area contributed by atoms with Crippen LogP contribution >= 0.6 is 23.4 Å². The summed E-state index contributed by atoms with van der Waals surface area (Å²) in [5.74, 6) is 1.46. The molecule has 208 valence electrons. The average molecular weight is 574 g/mol. The fourth-order valence-electron chi connectivity index (χ4n) is 4.95. The molecule has 0 saturated carbocycles. The molecule has 0 radical (unpaired) electrons. The fourth-order valence-corrected chi connectivity index (χ4v) is 8.31. The first-order valence-corrected chi connectivity index (χ1v) is 15.9. The molecule has 1 aromatic carbocycles. The second-order valence-electron chi connectivity index (χ2n) is 10.4. The topological polar surface area (TPSA) is 93.1 Å². The Morgan fingerprint density at radius 3 is 2.57 bits per heavy atom. The number of aliphatic carboxylic acids is 1. The number of β-lactam (4-membered cyclic amide) rings is 1. The number of unbranched alkanes of at least 4 members (excludes halogenated alkanes) is 5. The molecule has 7 nitrogen and oxygen atoms in total. The smallest absolute Gasteiger partial charge is 0.327 e. The van der Waals surface area contributed by atoms with E-state index < -0.39 is 27.6 Å². The Bertz CT molecular complexity index is 974. The normalized spacial score (nSPS) is 24.5. The van der Waals surface area contributed by atoms with Crippen molar-refractivity contribution in [2.24, 2.45) is 5.92 Å². The summed E-state index contributed by atoms with van der Waals surface area (Å²) < 4.78 is 22.6. The first kappa shape index (κ1) is 30.1. The van der Waals surface area contributed by atoms with Crippen LogP contribution in [0.3, 0.4) is 0 Å². The first-order chi connectivity index (χ1) is 17.6. The first-order valence-electron chi connectivity index (χ1n) is 13.1. The third-order valence-electron chi connectivity index (χ3n) is 7.06. The van der Waals surface area contributed by atoms with Crippen LogP contribution in [-0.2, 0) is 26.8 Å². The molecule has 1 aromatic rings. The number of carboxylic acid groups (broad SMARTS) is 1. The van der Waals surface area contributed by atoms with Gasteiger partial charge in [-0.3, -0.25) is 9.00 Å². The Labute approximate surface area is 232 Å². The molecule has 1 N–H and O–H groups in total. The van der Waals surface area contributed by atoms with E-state index in [4.69, 9.17) is 26.2 Å². The second kappa shape index (κ2) is 13.6. The zero-order chi connectivity index (χ0) is 27.2. The summed E-state index contributed by atoms with van der Waals surface area (Å²) in [6.07, 6.45) is 8.32. The lowest BCUT2D eigenvalue weighted by Gasteiger charge is -2.42. The molecule has 10 heteroatoms. The lowest BCUT2D eigenvalue weighted by atomic mass is 9.93. The van der Waals surface area contributed by atoms with Gasteiger partial charge in [-0.15, -0.1) is 23.4 Å². The van der Waals surface area contributed by atoms with Gasteiger partial charge in [0.1, 0.15) is 6.04 Å². The van der Waals surface area contributed by atoms with E-state index in [0.29, 0.717) is 6.79 Å². The predicted molar refractivity (Wildman–Crippen MR) is 150 cm³/mol. The Morgan fingerprint density at radius 1 is 1.22 bits per heavy atom. The number of hydrogen-bond acceptors (Lipinski definition) is 6. The van der Waals surface area contributed by atoms with Crippen LogP contribution in [0.25, 0.3) is 0 Å². The van der Waals surface area contributed by atoms with E-state index in [0.717, 1.165) is 30.1 Å². The predicted octanol–water partition coefficient (Wildman–Crippen LogP) is 5.44. The lowest BCUT2D eigenvalue weighted by Crippen LogP contribution is -2.63. The highest BCUT2D eigenvalue weighted by atomic mass is 35.5. The summed E-state index contributed by atoms with van der Waals surface area (Å²) >= 11 is 7.21. The Kier molecular flexibility index (Phi) is 11.0. The van der Waals surface area contributed by atoms with E-state index in [2.05, 4.69) is 13.8 Å². The average Bonchev–Trinajstić information content (AvgIpc) is 3.41. The quantitative estimate of drug-likeness (QED) is 0.202. The monoisotopic (exact) mass is 573 g/mol. The van der Waals surface area contributed by atoms with E-state index in [9.17, 15) is 13.8 Å². The molecule has 3 heterocycles. The molecule has 0 spiro atoms. The number of nitrogens with zero attached hydrogens (tertiary/aromatic N) is 1. The largest absolute Gasteiger partial charge is 0.480 e. The maximum Gasteiger partial charge on any atom is 0.327 e. The molecule has 0 bridgehead atoms. The molecule has 37 heavy (non-hydrogen) atoms. The van der Waals surface area contributed by atoms with Crippen molar-refractivity contribution >= 4 is 46.0 Å². The highest BCUT2D eigenvalue weighted by Gasteiger charge is 2.63. The van der Waals surface area contributed by atoms with E-state index in [1.807, 2.05) is 32.0 Å². The fraction of sp³-hybridized carbons (Fsp3) is 0.704. The van der Waals surface area contributed by atoms with Crippen LogP contribution in [0.1, 0.15) is 71.8 Å². The van der Waals surface area contributed by atoms with Crippen molar-refractivity contribution < 1.29 is 28.4 Å². The van der Waals surface area contributed by atoms with E-state index >= 15 is 0 Å². The van der Waals surface area contributed by atoms with Gasteiger partial charge in [0.25, 0.3) is 0 Å². The highest BCUT2D eigenvalue weighted by molar-refractivity contribution is 8.01. The van der Waals surface area contributed by atoms with Crippen molar-refractivity contribution in [1.82, 2.24) is 4.90 Å². The molecule has 3 aliphatic rings. The van der Waals surface area contributed by atoms with Crippen molar-refractivity contribution in [3.63, 3.8) is 0 Å². The minimum atomic E-state index is -0.934. The van der Waals surface area contributed by atoms with Gasteiger partial charge in [-0.05, 0) is 44.4 Å². The molecule has 2 fully saturated rings. The zero-order valence-corrected chi connectivity index (χ0v) is 24.6. The van der Waals surface area contributed by atoms with Gasteiger partial charge in [-0.25, -0.2) is 4.79 Å². The lowest BCUT2D eigenvalue weighted by molar-refractivity contribution is -0.162. The number of ether oxygens (including phenoxy) is 2. The van der Waals surface area contributed by atoms with Crippen molar-refractivity contribution in [3.05, 3.63) is 23.8 Å². The van der Waals surface area contributed by atoms with E-state index in [1.54, 1.807) is 0 Å². The summed E-state index contributed by atoms with van der Waals surface area (Å²) in [4.78, 5) is 24.2. The van der Waals surface area contributed by atoms with Crippen molar-refractivity contribution in [2.75, 3.05) is 18.4 Å². The van der Waals surface area contributed by atoms with Crippen LogP contribution in [0.5, 0.6) is 11.5 Å². The van der Waals surface area contributed by atoms with Crippen molar-refractivity contribution in [1.29, 1.82) is 0 Å². The molecule has 0 aromatic heterocycles. The minimum Gasteiger partial charge on any atom is -0.480 e. The van der Waals surface area contributed by atoms with Gasteiger partial charge in [-0.1, -0.05) is 52.0 Å². The summed E-state index contributed by atoms with van der Waals surface area (Å²) in [5.41, 5.74) is 1.17. The second-order valence-corrected chi connectivity index (χ2v) is 14.5. The number of fused-ring (bicyclic) bond motifs is 2. The summed E-state index contributed by atoms with van der Waals surface area (Å²) in [5, 5.41) is 9.25. The number of rotatable bonds is 12. The third-order valence-corrected chi connectivity index (χ3v) is 10.8. The van der Waals surface area contributed by atoms with Gasteiger partial charge in [-0.2, -0.15) is 0 Å². The Balaban J connectivity index is 0.000000220. The number of carbonyl (C=O) groups is 2. The van der Waals surface area contributed by atoms with Crippen molar-refractivity contribution in [2.45, 2.75) is 94.1 Å². The van der Waals surface area contributed by atoms with Crippen LogP contribution in [0.15, 0.2) is 18.2 Å². The number of halogens is 1.